The lowest BCUT2D eigenvalue weighted by Gasteiger charge is -2.49. The number of anilines is 3. The van der Waals surface area contributed by atoms with Crippen LogP contribution in [0.2, 0.25) is 5.02 Å². The number of carbonyl (C=O) groups excluding carboxylic acids is 5. The Morgan fingerprint density at radius 1 is 0.750 bits per heavy atom. The summed E-state index contributed by atoms with van der Waals surface area (Å²) in [6.45, 7) is 15.7. The first-order valence-electron chi connectivity index (χ1n) is 19.5. The summed E-state index contributed by atoms with van der Waals surface area (Å²) < 4.78 is 0. The minimum atomic E-state index is -0.982. The van der Waals surface area contributed by atoms with E-state index in [1.165, 1.54) is 0 Å². The monoisotopic (exact) mass is 774 g/mol. The molecule has 3 aromatic rings. The summed E-state index contributed by atoms with van der Waals surface area (Å²) in [5.41, 5.74) is 5.14. The van der Waals surface area contributed by atoms with Gasteiger partial charge in [0.15, 0.2) is 0 Å². The van der Waals surface area contributed by atoms with Gasteiger partial charge in [-0.05, 0) is 85.7 Å². The van der Waals surface area contributed by atoms with E-state index in [4.69, 9.17) is 18.2 Å². The number of piperidine rings is 2. The number of fused-ring (bicyclic) bond motifs is 1. The summed E-state index contributed by atoms with van der Waals surface area (Å²) in [7, 11) is 0. The van der Waals surface area contributed by atoms with Crippen LogP contribution in [-0.2, 0) is 9.59 Å². The average molecular weight is 775 g/mol. The van der Waals surface area contributed by atoms with Crippen LogP contribution in [0.3, 0.4) is 0 Å². The standard InChI is InChI=1S/C42H43ClN8O5/c1-44-35-9-7-30(23-34(35)43)49-17-14-42(26-49)12-15-46(16-13-42)28-4-2-27(3-5-28)39(54)48-20-18-47(19-21-48)31-24-50(25-31)29-6-8-32-33(22-29)41(56)51(40(32)55)36-10-11-37(52)45-38(36)53/h2-9,22-23,31,36H,10-21,24-26H2,(H,45,52,53). The number of halogens is 1. The Kier molecular flexibility index (Phi) is 9.21. The quantitative estimate of drug-likeness (QED) is 0.287. The molecule has 1 unspecified atom stereocenters. The van der Waals surface area contributed by atoms with Crippen molar-refractivity contribution in [3.63, 3.8) is 0 Å². The zero-order valence-corrected chi connectivity index (χ0v) is 31.8. The van der Waals surface area contributed by atoms with Crippen molar-refractivity contribution >= 4 is 63.9 Å². The van der Waals surface area contributed by atoms with E-state index in [0.29, 0.717) is 35.4 Å². The van der Waals surface area contributed by atoms with Crippen LogP contribution < -0.4 is 20.0 Å². The molecular weight excluding hydrogens is 732 g/mol. The van der Waals surface area contributed by atoms with E-state index >= 15 is 0 Å². The van der Waals surface area contributed by atoms with E-state index in [0.717, 1.165) is 93.6 Å². The molecule has 1 N–H and O–H groups in total. The van der Waals surface area contributed by atoms with E-state index < -0.39 is 29.7 Å². The summed E-state index contributed by atoms with van der Waals surface area (Å²) >= 11 is 6.33. The molecule has 6 aliphatic rings. The maximum atomic E-state index is 13.5. The molecule has 14 heteroatoms. The third kappa shape index (κ3) is 6.44. The molecule has 0 aliphatic carbocycles. The van der Waals surface area contributed by atoms with Crippen LogP contribution >= 0.6 is 11.6 Å². The van der Waals surface area contributed by atoms with Crippen LogP contribution in [0, 0.1) is 12.0 Å². The fourth-order valence-corrected chi connectivity index (χ4v) is 9.64. The Hall–Kier alpha value is -5.45. The van der Waals surface area contributed by atoms with Crippen LogP contribution in [0.25, 0.3) is 4.85 Å². The van der Waals surface area contributed by atoms with E-state index in [-0.39, 0.29) is 35.3 Å². The second-order valence-corrected chi connectivity index (χ2v) is 16.4. The van der Waals surface area contributed by atoms with Gasteiger partial charge >= 0.3 is 0 Å². The molecule has 6 heterocycles. The largest absolute Gasteiger partial charge is 0.371 e. The summed E-state index contributed by atoms with van der Waals surface area (Å²) in [6.07, 6.45) is 3.59. The first-order valence-corrected chi connectivity index (χ1v) is 19.9. The summed E-state index contributed by atoms with van der Waals surface area (Å²) in [4.78, 5) is 79.8. The molecule has 288 valence electrons. The van der Waals surface area contributed by atoms with Gasteiger partial charge in [0, 0.05) is 106 Å². The highest BCUT2D eigenvalue weighted by molar-refractivity contribution is 6.33. The molecule has 5 amide bonds. The summed E-state index contributed by atoms with van der Waals surface area (Å²) in [5, 5.41) is 2.75. The van der Waals surface area contributed by atoms with Crippen LogP contribution in [0.1, 0.15) is 63.2 Å². The molecule has 13 nitrogen and oxygen atoms in total. The zero-order chi connectivity index (χ0) is 38.7. The maximum absolute atomic E-state index is 13.5. The lowest BCUT2D eigenvalue weighted by atomic mass is 9.77. The fraction of sp³-hybridized carbons (Fsp3) is 0.429. The van der Waals surface area contributed by atoms with Crippen molar-refractivity contribution in [2.45, 2.75) is 44.2 Å². The highest BCUT2D eigenvalue weighted by atomic mass is 35.5. The number of nitrogens with zero attached hydrogens (tertiary/aromatic N) is 7. The number of benzene rings is 3. The topological polar surface area (TPSA) is 121 Å². The maximum Gasteiger partial charge on any atom is 0.262 e. The molecule has 0 saturated carbocycles. The van der Waals surface area contributed by atoms with Gasteiger partial charge in [0.25, 0.3) is 17.7 Å². The Bertz CT molecular complexity index is 2170. The van der Waals surface area contributed by atoms with E-state index in [1.54, 1.807) is 12.1 Å². The van der Waals surface area contributed by atoms with Gasteiger partial charge in [-0.15, -0.1) is 0 Å². The van der Waals surface area contributed by atoms with Crippen molar-refractivity contribution < 1.29 is 24.0 Å². The molecule has 5 fully saturated rings. The molecule has 0 radical (unpaired) electrons. The van der Waals surface area contributed by atoms with Crippen LogP contribution in [0.15, 0.2) is 60.7 Å². The number of carbonyl (C=O) groups is 5. The van der Waals surface area contributed by atoms with Crippen molar-refractivity contribution in [1.29, 1.82) is 0 Å². The van der Waals surface area contributed by atoms with Gasteiger partial charge in [-0.2, -0.15) is 0 Å². The van der Waals surface area contributed by atoms with Gasteiger partial charge in [0.2, 0.25) is 17.5 Å². The van der Waals surface area contributed by atoms with Crippen LogP contribution in [0.4, 0.5) is 22.7 Å². The molecule has 1 spiro atoms. The number of nitrogens with one attached hydrogen (secondary N) is 1. The Labute approximate surface area is 330 Å². The fourth-order valence-electron chi connectivity index (χ4n) is 9.43. The molecule has 3 aromatic carbocycles. The molecule has 0 bridgehead atoms. The van der Waals surface area contributed by atoms with Crippen molar-refractivity contribution in [3.05, 3.63) is 93.8 Å². The SMILES string of the molecule is [C-]#[N+]c1ccc(N2CCC3(CCN(c4ccc(C(=O)N5CCN(C6CN(c7ccc8c(c7)C(=O)N(C7CCC(=O)NC7=O)C8=O)C6)CC5)cc4)CC3)C2)cc1Cl. The molecule has 9 rings (SSSR count). The van der Waals surface area contributed by atoms with Crippen LogP contribution in [0.5, 0.6) is 0 Å². The third-order valence-corrected chi connectivity index (χ3v) is 13.2. The predicted octanol–water partition coefficient (Wildman–Crippen LogP) is 4.44. The number of amides is 5. The minimum Gasteiger partial charge on any atom is -0.371 e. The van der Waals surface area contributed by atoms with Gasteiger partial charge in [-0.1, -0.05) is 17.7 Å². The minimum absolute atomic E-state index is 0.0586. The first kappa shape index (κ1) is 36.2. The Morgan fingerprint density at radius 3 is 2.07 bits per heavy atom. The molecule has 6 aliphatic heterocycles. The number of imide groups is 2. The smallest absolute Gasteiger partial charge is 0.262 e. The second kappa shape index (κ2) is 14.2. The summed E-state index contributed by atoms with van der Waals surface area (Å²) in [6, 6.07) is 18.4. The normalized spacial score (nSPS) is 22.7. The lowest BCUT2D eigenvalue weighted by Crippen LogP contribution is -2.63. The van der Waals surface area contributed by atoms with Gasteiger partial charge in [0.05, 0.1) is 17.7 Å². The van der Waals surface area contributed by atoms with Crippen molar-refractivity contribution in [2.75, 3.05) is 80.1 Å². The average Bonchev–Trinajstić information content (AvgIpc) is 3.71. The molecule has 1 atom stereocenters. The summed E-state index contributed by atoms with van der Waals surface area (Å²) in [5.74, 6) is -1.96. The van der Waals surface area contributed by atoms with Crippen molar-refractivity contribution in [1.82, 2.24) is 20.0 Å². The molecule has 56 heavy (non-hydrogen) atoms. The second-order valence-electron chi connectivity index (χ2n) is 16.0. The first-order chi connectivity index (χ1) is 27.1. The van der Waals surface area contributed by atoms with E-state index in [9.17, 15) is 24.0 Å². The Morgan fingerprint density at radius 2 is 1.39 bits per heavy atom. The number of piperazine rings is 1. The Balaban J connectivity index is 0.736. The molecule has 0 aromatic heterocycles. The van der Waals surface area contributed by atoms with E-state index in [2.05, 4.69) is 41.9 Å². The van der Waals surface area contributed by atoms with Crippen LogP contribution in [-0.4, -0.2) is 122 Å². The van der Waals surface area contributed by atoms with E-state index in [1.807, 2.05) is 41.3 Å². The molecule has 5 saturated heterocycles. The third-order valence-electron chi connectivity index (χ3n) is 12.9. The molecular formula is C42H43ClN8O5. The number of hydrogen-bond donors (Lipinski definition) is 1. The number of hydrogen-bond acceptors (Lipinski definition) is 9. The van der Waals surface area contributed by atoms with Gasteiger partial charge in [-0.25, -0.2) is 4.85 Å². The van der Waals surface area contributed by atoms with Gasteiger partial charge in [-0.3, -0.25) is 39.1 Å². The predicted molar refractivity (Wildman–Crippen MR) is 211 cm³/mol. The van der Waals surface area contributed by atoms with Crippen molar-refractivity contribution in [3.8, 4) is 0 Å². The number of rotatable bonds is 6. The highest BCUT2D eigenvalue weighted by Gasteiger charge is 2.45. The highest BCUT2D eigenvalue weighted by Crippen LogP contribution is 2.44. The van der Waals surface area contributed by atoms with Gasteiger partial charge < -0.3 is 19.6 Å². The lowest BCUT2D eigenvalue weighted by molar-refractivity contribution is -0.136. The van der Waals surface area contributed by atoms with Gasteiger partial charge in [0.1, 0.15) is 6.04 Å². The zero-order valence-electron chi connectivity index (χ0n) is 31.1. The van der Waals surface area contributed by atoms with Crippen molar-refractivity contribution in [2.24, 2.45) is 5.41 Å².